The molecule has 3 nitrogen and oxygen atoms in total. The molecule has 104 valence electrons. The zero-order valence-corrected chi connectivity index (χ0v) is 11.1. The van der Waals surface area contributed by atoms with E-state index in [0.717, 1.165) is 12.1 Å². The molecule has 0 aliphatic carbocycles. The van der Waals surface area contributed by atoms with Crippen LogP contribution in [0.3, 0.4) is 0 Å². The van der Waals surface area contributed by atoms with Crippen LogP contribution in [0.25, 0.3) is 0 Å². The van der Waals surface area contributed by atoms with E-state index in [4.69, 9.17) is 11.6 Å². The van der Waals surface area contributed by atoms with Crippen molar-refractivity contribution in [3.05, 3.63) is 28.8 Å². The topological polar surface area (TPSA) is 41.1 Å². The third-order valence-corrected chi connectivity index (χ3v) is 3.84. The molecule has 1 unspecified atom stereocenters. The molecule has 0 saturated carbocycles. The first-order valence-electron chi connectivity index (χ1n) is 5.36. The van der Waals surface area contributed by atoms with E-state index in [2.05, 4.69) is 10.6 Å². The van der Waals surface area contributed by atoms with Crippen LogP contribution < -0.4 is 10.6 Å². The van der Waals surface area contributed by atoms with Crippen molar-refractivity contribution >= 4 is 35.0 Å². The minimum Gasteiger partial charge on any atom is -0.325 e. The van der Waals surface area contributed by atoms with Crippen LogP contribution in [0.15, 0.2) is 18.2 Å². The summed E-state index contributed by atoms with van der Waals surface area (Å²) >= 11 is 7.05. The van der Waals surface area contributed by atoms with Crippen molar-refractivity contribution in [1.82, 2.24) is 5.32 Å². The molecule has 1 aliphatic heterocycles. The lowest BCUT2D eigenvalue weighted by Crippen LogP contribution is -2.37. The number of thioether (sulfide) groups is 1. The predicted octanol–water partition coefficient (Wildman–Crippen LogP) is 2.96. The highest BCUT2D eigenvalue weighted by molar-refractivity contribution is 7.99. The van der Waals surface area contributed by atoms with Crippen molar-refractivity contribution in [3.8, 4) is 0 Å². The maximum atomic E-state index is 12.7. The van der Waals surface area contributed by atoms with Gasteiger partial charge in [0.1, 0.15) is 0 Å². The van der Waals surface area contributed by atoms with Crippen LogP contribution in [0.4, 0.5) is 18.9 Å². The van der Waals surface area contributed by atoms with Crippen molar-refractivity contribution < 1.29 is 18.0 Å². The molecular formula is C11H10ClF3N2OS. The first-order chi connectivity index (χ1) is 8.88. The van der Waals surface area contributed by atoms with Crippen molar-refractivity contribution in [2.24, 2.45) is 0 Å². The molecule has 0 radical (unpaired) electrons. The Morgan fingerprint density at radius 2 is 2.21 bits per heavy atom. The minimum absolute atomic E-state index is 0.0837. The molecule has 19 heavy (non-hydrogen) atoms. The smallest absolute Gasteiger partial charge is 0.325 e. The molecule has 1 aromatic carbocycles. The summed E-state index contributed by atoms with van der Waals surface area (Å²) in [5, 5.41) is 5.00. The molecule has 0 spiro atoms. The molecule has 1 saturated heterocycles. The van der Waals surface area contributed by atoms with Crippen LogP contribution in [-0.2, 0) is 11.0 Å². The van der Waals surface area contributed by atoms with Crippen LogP contribution >= 0.6 is 23.4 Å². The monoisotopic (exact) mass is 310 g/mol. The van der Waals surface area contributed by atoms with E-state index in [1.807, 2.05) is 0 Å². The number of rotatable bonds is 2. The number of alkyl halides is 3. The van der Waals surface area contributed by atoms with Crippen LogP contribution in [0.5, 0.6) is 0 Å². The fraction of sp³-hybridized carbons (Fsp3) is 0.364. The summed E-state index contributed by atoms with van der Waals surface area (Å²) in [4.78, 5) is 11.8. The van der Waals surface area contributed by atoms with Crippen molar-refractivity contribution in [2.75, 3.05) is 16.9 Å². The summed E-state index contributed by atoms with van der Waals surface area (Å²) in [5.74, 6) is 0.915. The van der Waals surface area contributed by atoms with Crippen LogP contribution in [0, 0.1) is 0 Å². The molecule has 0 aromatic heterocycles. The molecule has 8 heteroatoms. The summed E-state index contributed by atoms with van der Waals surface area (Å²) in [6.45, 7) is 0. The molecule has 2 rings (SSSR count). The Kier molecular flexibility index (Phi) is 4.27. The average molecular weight is 311 g/mol. The first kappa shape index (κ1) is 14.5. The standard InChI is InChI=1S/C11H10ClF3N2OS/c12-8-2-1-6(3-7(8)11(13,14)15)17-10(18)9-4-19-5-16-9/h1-3,9,16H,4-5H2,(H,17,18). The van der Waals surface area contributed by atoms with Gasteiger partial charge in [-0.25, -0.2) is 0 Å². The van der Waals surface area contributed by atoms with E-state index < -0.39 is 11.7 Å². The lowest BCUT2D eigenvalue weighted by atomic mass is 10.2. The fourth-order valence-electron chi connectivity index (χ4n) is 1.61. The summed E-state index contributed by atoms with van der Waals surface area (Å²) in [7, 11) is 0. The maximum Gasteiger partial charge on any atom is 0.417 e. The number of halogens is 4. The third kappa shape index (κ3) is 3.55. The Morgan fingerprint density at radius 3 is 2.79 bits per heavy atom. The van der Waals surface area contributed by atoms with Gasteiger partial charge in [0.05, 0.1) is 16.6 Å². The van der Waals surface area contributed by atoms with Gasteiger partial charge in [0, 0.05) is 17.3 Å². The fourth-order valence-corrected chi connectivity index (χ4v) is 2.78. The number of benzene rings is 1. The third-order valence-electron chi connectivity index (χ3n) is 2.57. The van der Waals surface area contributed by atoms with Gasteiger partial charge in [-0.1, -0.05) is 11.6 Å². The molecule has 1 aromatic rings. The Bertz CT molecular complexity index is 489. The molecule has 1 heterocycles. The summed E-state index contributed by atoms with van der Waals surface area (Å²) < 4.78 is 38.0. The predicted molar refractivity (Wildman–Crippen MR) is 69.3 cm³/mol. The molecule has 1 amide bonds. The highest BCUT2D eigenvalue weighted by Crippen LogP contribution is 2.36. The minimum atomic E-state index is -4.54. The van der Waals surface area contributed by atoms with Crippen LogP contribution in [0.1, 0.15) is 5.56 Å². The molecule has 0 bridgehead atoms. The molecular weight excluding hydrogens is 301 g/mol. The largest absolute Gasteiger partial charge is 0.417 e. The van der Waals surface area contributed by atoms with E-state index in [1.165, 1.54) is 6.07 Å². The molecule has 1 atom stereocenters. The van der Waals surface area contributed by atoms with E-state index in [1.54, 1.807) is 11.8 Å². The zero-order chi connectivity index (χ0) is 14.0. The van der Waals surface area contributed by atoms with Gasteiger partial charge >= 0.3 is 6.18 Å². The Morgan fingerprint density at radius 1 is 1.47 bits per heavy atom. The molecule has 1 aliphatic rings. The number of hydrogen-bond acceptors (Lipinski definition) is 3. The molecule has 1 fully saturated rings. The van der Waals surface area contributed by atoms with Gasteiger partial charge in [0.2, 0.25) is 5.91 Å². The summed E-state index contributed by atoms with van der Waals surface area (Å²) in [6, 6.07) is 2.92. The number of nitrogens with one attached hydrogen (secondary N) is 2. The first-order valence-corrected chi connectivity index (χ1v) is 6.90. The van der Waals surface area contributed by atoms with Gasteiger partial charge in [0.15, 0.2) is 0 Å². The van der Waals surface area contributed by atoms with E-state index >= 15 is 0 Å². The quantitative estimate of drug-likeness (QED) is 0.882. The lowest BCUT2D eigenvalue weighted by molar-refractivity contribution is -0.137. The van der Waals surface area contributed by atoms with Gasteiger partial charge in [-0.2, -0.15) is 13.2 Å². The molecule has 2 N–H and O–H groups in total. The highest BCUT2D eigenvalue weighted by Gasteiger charge is 2.33. The second kappa shape index (κ2) is 5.60. The average Bonchev–Trinajstić information content (AvgIpc) is 2.83. The van der Waals surface area contributed by atoms with E-state index in [9.17, 15) is 18.0 Å². The van der Waals surface area contributed by atoms with Gasteiger partial charge in [0.25, 0.3) is 0 Å². The zero-order valence-electron chi connectivity index (χ0n) is 9.55. The number of anilines is 1. The van der Waals surface area contributed by atoms with Gasteiger partial charge in [-0.15, -0.1) is 11.8 Å². The Labute approximate surface area is 116 Å². The normalized spacial score (nSPS) is 19.5. The number of carbonyl (C=O) groups is 1. The highest BCUT2D eigenvalue weighted by atomic mass is 35.5. The van der Waals surface area contributed by atoms with Gasteiger partial charge in [-0.05, 0) is 18.2 Å². The van der Waals surface area contributed by atoms with E-state index in [-0.39, 0.29) is 22.7 Å². The van der Waals surface area contributed by atoms with Crippen molar-refractivity contribution in [2.45, 2.75) is 12.2 Å². The summed E-state index contributed by atoms with van der Waals surface area (Å²) in [6.07, 6.45) is -4.54. The Hall–Kier alpha value is -0.920. The van der Waals surface area contributed by atoms with E-state index in [0.29, 0.717) is 11.6 Å². The van der Waals surface area contributed by atoms with Gasteiger partial charge in [-0.3, -0.25) is 10.1 Å². The van der Waals surface area contributed by atoms with Gasteiger partial charge < -0.3 is 5.32 Å². The van der Waals surface area contributed by atoms with Crippen LogP contribution in [-0.4, -0.2) is 23.6 Å². The second-order valence-electron chi connectivity index (χ2n) is 3.95. The number of amides is 1. The SMILES string of the molecule is O=C(Nc1ccc(Cl)c(C(F)(F)F)c1)C1CSCN1. The van der Waals surface area contributed by atoms with Crippen molar-refractivity contribution in [1.29, 1.82) is 0 Å². The van der Waals surface area contributed by atoms with Crippen LogP contribution in [0.2, 0.25) is 5.02 Å². The maximum absolute atomic E-state index is 12.7. The Balaban J connectivity index is 2.15. The number of carbonyl (C=O) groups excluding carboxylic acids is 1. The summed E-state index contributed by atoms with van der Waals surface area (Å²) in [5.41, 5.74) is -0.874. The lowest BCUT2D eigenvalue weighted by Gasteiger charge is -2.13. The van der Waals surface area contributed by atoms with Crippen molar-refractivity contribution in [3.63, 3.8) is 0 Å². The number of hydrogen-bond donors (Lipinski definition) is 2. The second-order valence-corrected chi connectivity index (χ2v) is 5.39.